The lowest BCUT2D eigenvalue weighted by atomic mass is 10.2. The smallest absolute Gasteiger partial charge is 0.420 e. The second-order valence-electron chi connectivity index (χ2n) is 7.05. The highest BCUT2D eigenvalue weighted by Gasteiger charge is 2.23. The zero-order valence-electron chi connectivity index (χ0n) is 15.9. The number of hydrogen-bond donors (Lipinski definition) is 1. The SMILES string of the molecule is COC(=O)c1c(N)c(C#N)cn1-c1ccc2c(c1)ncn2C(=O)OC(C)(C)C. The Balaban J connectivity index is 2.09. The van der Waals surface area contributed by atoms with Crippen LogP contribution < -0.4 is 5.73 Å². The van der Waals surface area contributed by atoms with E-state index in [0.29, 0.717) is 16.7 Å². The Morgan fingerprint density at radius 2 is 2.00 bits per heavy atom. The van der Waals surface area contributed by atoms with Gasteiger partial charge in [-0.15, -0.1) is 0 Å². The minimum atomic E-state index is -0.668. The van der Waals surface area contributed by atoms with E-state index < -0.39 is 17.7 Å². The van der Waals surface area contributed by atoms with E-state index in [1.54, 1.807) is 39.0 Å². The van der Waals surface area contributed by atoms with E-state index in [0.717, 1.165) is 0 Å². The van der Waals surface area contributed by atoms with Crippen molar-refractivity contribution in [2.45, 2.75) is 26.4 Å². The normalized spacial score (nSPS) is 11.2. The molecule has 0 aliphatic heterocycles. The van der Waals surface area contributed by atoms with Crippen LogP contribution in [0.25, 0.3) is 16.7 Å². The molecule has 2 heterocycles. The van der Waals surface area contributed by atoms with Gasteiger partial charge in [0.15, 0.2) is 5.69 Å². The molecule has 0 saturated heterocycles. The average Bonchev–Trinajstić information content (AvgIpc) is 3.19. The highest BCUT2D eigenvalue weighted by atomic mass is 16.6. The van der Waals surface area contributed by atoms with Crippen molar-refractivity contribution in [1.82, 2.24) is 14.1 Å². The summed E-state index contributed by atoms with van der Waals surface area (Å²) in [6.07, 6.45) is 2.28. The Morgan fingerprint density at radius 3 is 2.61 bits per heavy atom. The number of methoxy groups -OCH3 is 1. The number of anilines is 1. The Bertz CT molecular complexity index is 1130. The summed E-state index contributed by atoms with van der Waals surface area (Å²) in [5.74, 6) is -0.668. The van der Waals surface area contributed by atoms with Crippen LogP contribution in [-0.2, 0) is 9.47 Å². The minimum Gasteiger partial charge on any atom is -0.464 e. The lowest BCUT2D eigenvalue weighted by molar-refractivity contribution is 0.0541. The second kappa shape index (κ2) is 6.74. The number of esters is 1. The molecule has 0 spiro atoms. The van der Waals surface area contributed by atoms with Gasteiger partial charge in [-0.2, -0.15) is 5.26 Å². The third kappa shape index (κ3) is 3.27. The Kier molecular flexibility index (Phi) is 4.56. The van der Waals surface area contributed by atoms with Crippen LogP contribution in [0.4, 0.5) is 10.5 Å². The molecular formula is C19H19N5O4. The number of nitrogens with two attached hydrogens (primary N) is 1. The van der Waals surface area contributed by atoms with Crippen molar-refractivity contribution in [3.63, 3.8) is 0 Å². The van der Waals surface area contributed by atoms with Gasteiger partial charge in [-0.3, -0.25) is 0 Å². The summed E-state index contributed by atoms with van der Waals surface area (Å²) in [6, 6.07) is 6.97. The van der Waals surface area contributed by atoms with Crippen molar-refractivity contribution in [1.29, 1.82) is 5.26 Å². The lowest BCUT2D eigenvalue weighted by Gasteiger charge is -2.19. The number of imidazole rings is 1. The van der Waals surface area contributed by atoms with Crippen molar-refractivity contribution in [2.24, 2.45) is 0 Å². The van der Waals surface area contributed by atoms with Crippen molar-refractivity contribution in [2.75, 3.05) is 12.8 Å². The Labute approximate surface area is 160 Å². The second-order valence-corrected chi connectivity index (χ2v) is 7.05. The molecule has 0 atom stereocenters. The quantitative estimate of drug-likeness (QED) is 0.677. The Morgan fingerprint density at radius 1 is 1.29 bits per heavy atom. The molecule has 0 bridgehead atoms. The number of carbonyl (C=O) groups is 2. The van der Waals surface area contributed by atoms with Gasteiger partial charge in [0.25, 0.3) is 0 Å². The number of benzene rings is 1. The zero-order chi connectivity index (χ0) is 20.6. The number of hydrogen-bond acceptors (Lipinski definition) is 7. The van der Waals surface area contributed by atoms with E-state index in [4.69, 9.17) is 15.2 Å². The van der Waals surface area contributed by atoms with Crippen LogP contribution in [0.5, 0.6) is 0 Å². The van der Waals surface area contributed by atoms with Gasteiger partial charge in [0.2, 0.25) is 0 Å². The number of carbonyl (C=O) groups excluding carboxylic acids is 2. The van der Waals surface area contributed by atoms with E-state index in [1.807, 2.05) is 6.07 Å². The molecule has 3 aromatic rings. The van der Waals surface area contributed by atoms with Gasteiger partial charge >= 0.3 is 12.1 Å². The molecule has 1 aromatic carbocycles. The average molecular weight is 381 g/mol. The summed E-state index contributed by atoms with van der Waals surface area (Å²) in [6.45, 7) is 5.33. The Hall–Kier alpha value is -3.80. The molecule has 28 heavy (non-hydrogen) atoms. The molecule has 2 aromatic heterocycles. The lowest BCUT2D eigenvalue weighted by Crippen LogP contribution is -2.26. The highest BCUT2D eigenvalue weighted by Crippen LogP contribution is 2.26. The number of nitrogens with zero attached hydrogens (tertiary/aromatic N) is 4. The van der Waals surface area contributed by atoms with Crippen LogP contribution in [0.2, 0.25) is 0 Å². The summed E-state index contributed by atoms with van der Waals surface area (Å²) in [7, 11) is 1.23. The van der Waals surface area contributed by atoms with E-state index in [1.165, 1.54) is 28.8 Å². The number of fused-ring (bicyclic) bond motifs is 1. The first-order valence-electron chi connectivity index (χ1n) is 8.36. The number of rotatable bonds is 2. The van der Waals surface area contributed by atoms with E-state index in [-0.39, 0.29) is 16.9 Å². The predicted octanol–water partition coefficient (Wildman–Crippen LogP) is 2.85. The van der Waals surface area contributed by atoms with E-state index >= 15 is 0 Å². The molecule has 0 amide bonds. The zero-order valence-corrected chi connectivity index (χ0v) is 15.9. The van der Waals surface area contributed by atoms with E-state index in [9.17, 15) is 14.9 Å². The molecule has 0 aliphatic carbocycles. The maximum atomic E-state index is 12.3. The fourth-order valence-corrected chi connectivity index (χ4v) is 2.73. The van der Waals surface area contributed by atoms with Crippen LogP contribution in [-0.4, -0.2) is 38.9 Å². The maximum Gasteiger partial charge on any atom is 0.420 e. The molecule has 9 nitrogen and oxygen atoms in total. The fourth-order valence-electron chi connectivity index (χ4n) is 2.73. The van der Waals surface area contributed by atoms with Gasteiger partial charge in [-0.05, 0) is 39.0 Å². The molecule has 0 radical (unpaired) electrons. The van der Waals surface area contributed by atoms with Gasteiger partial charge < -0.3 is 19.8 Å². The summed E-state index contributed by atoms with van der Waals surface area (Å²) < 4.78 is 12.9. The third-order valence-corrected chi connectivity index (χ3v) is 3.94. The molecule has 3 rings (SSSR count). The summed E-state index contributed by atoms with van der Waals surface area (Å²) >= 11 is 0. The van der Waals surface area contributed by atoms with Gasteiger partial charge in [-0.1, -0.05) is 0 Å². The maximum absolute atomic E-state index is 12.3. The molecule has 0 aliphatic rings. The van der Waals surface area contributed by atoms with Crippen molar-refractivity contribution in [3.05, 3.63) is 42.0 Å². The molecule has 0 unspecified atom stereocenters. The van der Waals surface area contributed by atoms with Crippen LogP contribution in [0.1, 0.15) is 36.8 Å². The predicted molar refractivity (Wildman–Crippen MR) is 101 cm³/mol. The molecule has 9 heteroatoms. The van der Waals surface area contributed by atoms with Crippen LogP contribution in [0.15, 0.2) is 30.7 Å². The van der Waals surface area contributed by atoms with Crippen molar-refractivity contribution in [3.8, 4) is 11.8 Å². The first-order valence-corrected chi connectivity index (χ1v) is 8.36. The van der Waals surface area contributed by atoms with Crippen molar-refractivity contribution >= 4 is 28.8 Å². The molecule has 2 N–H and O–H groups in total. The van der Waals surface area contributed by atoms with Crippen LogP contribution in [0.3, 0.4) is 0 Å². The van der Waals surface area contributed by atoms with E-state index in [2.05, 4.69) is 4.98 Å². The molecule has 0 fully saturated rings. The van der Waals surface area contributed by atoms with Crippen LogP contribution in [0, 0.1) is 11.3 Å². The number of nitriles is 1. The first-order chi connectivity index (χ1) is 13.2. The molecule has 0 saturated carbocycles. The number of nitrogen functional groups attached to an aromatic ring is 1. The summed E-state index contributed by atoms with van der Waals surface area (Å²) in [5.41, 5.74) is 7.10. The summed E-state index contributed by atoms with van der Waals surface area (Å²) in [4.78, 5) is 28.7. The number of ether oxygens (including phenoxy) is 2. The van der Waals surface area contributed by atoms with Gasteiger partial charge in [0, 0.05) is 11.9 Å². The van der Waals surface area contributed by atoms with Gasteiger partial charge in [-0.25, -0.2) is 19.1 Å². The highest BCUT2D eigenvalue weighted by molar-refractivity contribution is 5.96. The topological polar surface area (TPSA) is 125 Å². The molecular weight excluding hydrogens is 362 g/mol. The first kappa shape index (κ1) is 19.0. The van der Waals surface area contributed by atoms with Crippen molar-refractivity contribution < 1.29 is 19.1 Å². The van der Waals surface area contributed by atoms with Gasteiger partial charge in [0.05, 0.1) is 29.4 Å². The monoisotopic (exact) mass is 381 g/mol. The summed E-state index contributed by atoms with van der Waals surface area (Å²) in [5, 5.41) is 9.22. The molecule has 144 valence electrons. The van der Waals surface area contributed by atoms with Crippen LogP contribution >= 0.6 is 0 Å². The fraction of sp³-hybridized carbons (Fsp3) is 0.263. The standard InChI is InChI=1S/C19H19N5O4/c1-19(2,3)28-18(26)24-10-22-13-7-12(5-6-14(13)24)23-9-11(8-20)15(21)16(23)17(25)27-4/h5-7,9-10H,21H2,1-4H3. The minimum absolute atomic E-state index is 0.0359. The number of aromatic nitrogens is 3. The van der Waals surface area contributed by atoms with Gasteiger partial charge in [0.1, 0.15) is 18.0 Å². The largest absolute Gasteiger partial charge is 0.464 e. The third-order valence-electron chi connectivity index (χ3n) is 3.94.